The highest BCUT2D eigenvalue weighted by Gasteiger charge is 2.09. The Bertz CT molecular complexity index is 677. The Morgan fingerprint density at radius 2 is 1.95 bits per heavy atom. The molecule has 0 aliphatic carbocycles. The Kier molecular flexibility index (Phi) is 5.67. The standard InChI is InChI=1S/C15H12Br2ClNO2/c1-21-15(20)9-2-3-10(13(17)6-9)8-19-14-7-11(18)4-5-12(14)16/h2-7,19H,8H2,1H3. The number of carbonyl (C=O) groups is 1. The van der Waals surface area contributed by atoms with Gasteiger partial charge in [-0.3, -0.25) is 0 Å². The van der Waals surface area contributed by atoms with Gasteiger partial charge in [0.25, 0.3) is 0 Å². The SMILES string of the molecule is COC(=O)c1ccc(CNc2cc(Cl)ccc2Br)c(Br)c1. The molecular weight excluding hydrogens is 421 g/mol. The lowest BCUT2D eigenvalue weighted by atomic mass is 10.1. The van der Waals surface area contributed by atoms with E-state index in [2.05, 4.69) is 37.2 Å². The molecular formula is C15H12Br2ClNO2. The Labute approximate surface area is 144 Å². The maximum atomic E-state index is 11.5. The van der Waals surface area contributed by atoms with E-state index in [9.17, 15) is 4.79 Å². The number of ether oxygens (including phenoxy) is 1. The van der Waals surface area contributed by atoms with Gasteiger partial charge in [0.2, 0.25) is 0 Å². The molecule has 1 N–H and O–H groups in total. The van der Waals surface area contributed by atoms with Crippen molar-refractivity contribution in [3.63, 3.8) is 0 Å². The zero-order valence-electron chi connectivity index (χ0n) is 11.1. The monoisotopic (exact) mass is 431 g/mol. The van der Waals surface area contributed by atoms with Gasteiger partial charge in [0.1, 0.15) is 0 Å². The minimum atomic E-state index is -0.354. The molecule has 0 radical (unpaired) electrons. The van der Waals surface area contributed by atoms with Gasteiger partial charge in [-0.2, -0.15) is 0 Å². The number of nitrogens with one attached hydrogen (secondary N) is 1. The first-order chi connectivity index (χ1) is 10.0. The zero-order chi connectivity index (χ0) is 15.4. The van der Waals surface area contributed by atoms with Gasteiger partial charge in [-0.05, 0) is 51.8 Å². The molecule has 0 amide bonds. The molecule has 0 unspecified atom stereocenters. The fourth-order valence-electron chi connectivity index (χ4n) is 1.76. The number of esters is 1. The molecule has 0 aliphatic heterocycles. The predicted octanol–water partition coefficient (Wildman–Crippen LogP) is 5.26. The molecule has 0 bridgehead atoms. The first-order valence-electron chi connectivity index (χ1n) is 6.07. The van der Waals surface area contributed by atoms with E-state index in [4.69, 9.17) is 16.3 Å². The van der Waals surface area contributed by atoms with Gasteiger partial charge in [0.05, 0.1) is 18.4 Å². The van der Waals surface area contributed by atoms with E-state index in [1.165, 1.54) is 7.11 Å². The Morgan fingerprint density at radius 1 is 1.19 bits per heavy atom. The van der Waals surface area contributed by atoms with Crippen LogP contribution < -0.4 is 5.32 Å². The molecule has 0 spiro atoms. The maximum absolute atomic E-state index is 11.5. The lowest BCUT2D eigenvalue weighted by Crippen LogP contribution is -2.04. The van der Waals surface area contributed by atoms with Crippen LogP contribution in [0.1, 0.15) is 15.9 Å². The molecule has 2 aromatic rings. The summed E-state index contributed by atoms with van der Waals surface area (Å²) in [5, 5.41) is 3.96. The topological polar surface area (TPSA) is 38.3 Å². The number of rotatable bonds is 4. The first kappa shape index (κ1) is 16.3. The van der Waals surface area contributed by atoms with Crippen LogP contribution in [0.4, 0.5) is 5.69 Å². The zero-order valence-corrected chi connectivity index (χ0v) is 15.0. The van der Waals surface area contributed by atoms with Crippen molar-refractivity contribution in [2.24, 2.45) is 0 Å². The van der Waals surface area contributed by atoms with E-state index < -0.39 is 0 Å². The van der Waals surface area contributed by atoms with Gasteiger partial charge in [-0.1, -0.05) is 33.6 Å². The first-order valence-corrected chi connectivity index (χ1v) is 8.03. The van der Waals surface area contributed by atoms with Crippen LogP contribution in [0.2, 0.25) is 5.02 Å². The minimum Gasteiger partial charge on any atom is -0.465 e. The normalized spacial score (nSPS) is 10.3. The summed E-state index contributed by atoms with van der Waals surface area (Å²) < 4.78 is 6.48. The van der Waals surface area contributed by atoms with Crippen molar-refractivity contribution in [2.75, 3.05) is 12.4 Å². The third kappa shape index (κ3) is 4.22. The van der Waals surface area contributed by atoms with E-state index >= 15 is 0 Å². The number of hydrogen-bond donors (Lipinski definition) is 1. The molecule has 0 atom stereocenters. The maximum Gasteiger partial charge on any atom is 0.337 e. The van der Waals surface area contributed by atoms with E-state index in [1.54, 1.807) is 12.1 Å². The third-order valence-electron chi connectivity index (χ3n) is 2.87. The molecule has 6 heteroatoms. The minimum absolute atomic E-state index is 0.354. The van der Waals surface area contributed by atoms with Crippen LogP contribution in [-0.2, 0) is 11.3 Å². The van der Waals surface area contributed by atoms with Gasteiger partial charge in [-0.25, -0.2) is 4.79 Å². The van der Waals surface area contributed by atoms with E-state index in [-0.39, 0.29) is 5.97 Å². The molecule has 0 aromatic heterocycles. The highest BCUT2D eigenvalue weighted by atomic mass is 79.9. The van der Waals surface area contributed by atoms with Crippen LogP contribution in [-0.4, -0.2) is 13.1 Å². The molecule has 0 fully saturated rings. The second kappa shape index (κ2) is 7.29. The van der Waals surface area contributed by atoms with Gasteiger partial charge >= 0.3 is 5.97 Å². The number of halogens is 3. The second-order valence-corrected chi connectivity index (χ2v) is 6.42. The summed E-state index contributed by atoms with van der Waals surface area (Å²) in [6.07, 6.45) is 0. The van der Waals surface area contributed by atoms with Crippen molar-refractivity contribution < 1.29 is 9.53 Å². The Balaban J connectivity index is 2.13. The summed E-state index contributed by atoms with van der Waals surface area (Å²) in [5.41, 5.74) is 2.44. The number of benzene rings is 2. The van der Waals surface area contributed by atoms with Crippen LogP contribution in [0.25, 0.3) is 0 Å². The quantitative estimate of drug-likeness (QED) is 0.668. The molecule has 0 saturated carbocycles. The predicted molar refractivity (Wildman–Crippen MR) is 92.0 cm³/mol. The highest BCUT2D eigenvalue weighted by Crippen LogP contribution is 2.27. The van der Waals surface area contributed by atoms with E-state index in [0.717, 1.165) is 20.2 Å². The van der Waals surface area contributed by atoms with Crippen molar-refractivity contribution in [3.05, 3.63) is 61.5 Å². The summed E-state index contributed by atoms with van der Waals surface area (Å²) in [5.74, 6) is -0.354. The van der Waals surface area contributed by atoms with E-state index in [0.29, 0.717) is 17.1 Å². The molecule has 21 heavy (non-hydrogen) atoms. The lowest BCUT2D eigenvalue weighted by molar-refractivity contribution is 0.0600. The second-order valence-electron chi connectivity index (χ2n) is 4.28. The van der Waals surface area contributed by atoms with Crippen LogP contribution in [0.15, 0.2) is 45.3 Å². The number of carbonyl (C=O) groups excluding carboxylic acids is 1. The van der Waals surface area contributed by atoms with Crippen molar-refractivity contribution in [1.82, 2.24) is 0 Å². The fourth-order valence-corrected chi connectivity index (χ4v) is 2.84. The summed E-state index contributed by atoms with van der Waals surface area (Å²) in [6.45, 7) is 0.598. The Morgan fingerprint density at radius 3 is 2.62 bits per heavy atom. The van der Waals surface area contributed by atoms with E-state index in [1.807, 2.05) is 24.3 Å². The molecule has 0 aliphatic rings. The summed E-state index contributed by atoms with van der Waals surface area (Å²) >= 11 is 12.9. The van der Waals surface area contributed by atoms with Gasteiger partial charge in [0.15, 0.2) is 0 Å². The summed E-state index contributed by atoms with van der Waals surface area (Å²) in [6, 6.07) is 10.9. The van der Waals surface area contributed by atoms with Crippen LogP contribution >= 0.6 is 43.5 Å². The summed E-state index contributed by atoms with van der Waals surface area (Å²) in [4.78, 5) is 11.5. The molecule has 0 saturated heterocycles. The summed E-state index contributed by atoms with van der Waals surface area (Å²) in [7, 11) is 1.36. The van der Waals surface area contributed by atoms with Crippen molar-refractivity contribution in [2.45, 2.75) is 6.54 Å². The van der Waals surface area contributed by atoms with Gasteiger partial charge in [-0.15, -0.1) is 0 Å². The average Bonchev–Trinajstić information content (AvgIpc) is 2.48. The third-order valence-corrected chi connectivity index (χ3v) is 4.54. The largest absolute Gasteiger partial charge is 0.465 e. The van der Waals surface area contributed by atoms with Gasteiger partial charge in [0, 0.05) is 20.5 Å². The van der Waals surface area contributed by atoms with Crippen LogP contribution in [0, 0.1) is 0 Å². The molecule has 110 valence electrons. The number of methoxy groups -OCH3 is 1. The fraction of sp³-hybridized carbons (Fsp3) is 0.133. The molecule has 0 heterocycles. The van der Waals surface area contributed by atoms with Crippen molar-refractivity contribution in [1.29, 1.82) is 0 Å². The highest BCUT2D eigenvalue weighted by molar-refractivity contribution is 9.11. The number of anilines is 1. The smallest absolute Gasteiger partial charge is 0.337 e. The molecule has 2 aromatic carbocycles. The molecule has 2 rings (SSSR count). The lowest BCUT2D eigenvalue weighted by Gasteiger charge is -2.11. The Hall–Kier alpha value is -1.04. The molecule has 3 nitrogen and oxygen atoms in total. The van der Waals surface area contributed by atoms with Crippen molar-refractivity contribution in [3.8, 4) is 0 Å². The van der Waals surface area contributed by atoms with Crippen molar-refractivity contribution >= 4 is 55.1 Å². The van der Waals surface area contributed by atoms with Gasteiger partial charge < -0.3 is 10.1 Å². The van der Waals surface area contributed by atoms with Crippen LogP contribution in [0.3, 0.4) is 0 Å². The average molecular weight is 434 g/mol. The number of hydrogen-bond acceptors (Lipinski definition) is 3. The van der Waals surface area contributed by atoms with Crippen LogP contribution in [0.5, 0.6) is 0 Å².